The van der Waals surface area contributed by atoms with E-state index in [0.717, 1.165) is 16.7 Å². The largest absolute Gasteiger partial charge is 0.480 e. The van der Waals surface area contributed by atoms with Crippen LogP contribution in [0, 0.1) is 13.8 Å². The molecule has 2 atom stereocenters. The molecule has 0 saturated carbocycles. The van der Waals surface area contributed by atoms with E-state index in [2.05, 4.69) is 10.6 Å². The summed E-state index contributed by atoms with van der Waals surface area (Å²) in [7, 11) is 0. The first kappa shape index (κ1) is 23.1. The lowest BCUT2D eigenvalue weighted by molar-refractivity contribution is -0.122. The molecule has 0 fully saturated rings. The molecule has 3 rings (SSSR count). The first-order chi connectivity index (χ1) is 15.4. The van der Waals surface area contributed by atoms with Crippen LogP contribution in [0.3, 0.4) is 0 Å². The van der Waals surface area contributed by atoms with Gasteiger partial charge in [-0.15, -0.1) is 0 Å². The molecule has 0 aromatic heterocycles. The minimum absolute atomic E-state index is 0.163. The Morgan fingerprint density at radius 1 is 0.938 bits per heavy atom. The summed E-state index contributed by atoms with van der Waals surface area (Å²) in [6.45, 7) is 7.76. The summed E-state index contributed by atoms with van der Waals surface area (Å²) in [5, 5.41) is 5.89. The summed E-state index contributed by atoms with van der Waals surface area (Å²) >= 11 is 0. The summed E-state index contributed by atoms with van der Waals surface area (Å²) in [6, 6.07) is 22.5. The molecular weight excluding hydrogens is 400 g/mol. The number of hydrogen-bond acceptors (Lipinski definition) is 3. The van der Waals surface area contributed by atoms with E-state index in [1.807, 2.05) is 76.2 Å². The van der Waals surface area contributed by atoms with E-state index in [1.54, 1.807) is 24.3 Å². The van der Waals surface area contributed by atoms with Gasteiger partial charge in [0.1, 0.15) is 5.75 Å². The third-order valence-corrected chi connectivity index (χ3v) is 5.35. The zero-order chi connectivity index (χ0) is 23.1. The minimum Gasteiger partial charge on any atom is -0.480 e. The average Bonchev–Trinajstić information content (AvgIpc) is 2.80. The highest BCUT2D eigenvalue weighted by Crippen LogP contribution is 2.23. The first-order valence-electron chi connectivity index (χ1n) is 10.9. The van der Waals surface area contributed by atoms with Gasteiger partial charge in [0.15, 0.2) is 6.10 Å². The third kappa shape index (κ3) is 5.76. The van der Waals surface area contributed by atoms with Crippen LogP contribution < -0.4 is 15.4 Å². The molecule has 0 aliphatic heterocycles. The normalized spacial score (nSPS) is 12.5. The maximum Gasteiger partial charge on any atom is 0.265 e. The molecule has 3 aromatic rings. The number of amides is 2. The lowest BCUT2D eigenvalue weighted by Crippen LogP contribution is -2.34. The van der Waals surface area contributed by atoms with E-state index in [0.29, 0.717) is 23.4 Å². The molecule has 0 unspecified atom stereocenters. The lowest BCUT2D eigenvalue weighted by Gasteiger charge is -2.20. The smallest absolute Gasteiger partial charge is 0.265 e. The Kier molecular flexibility index (Phi) is 7.66. The first-order valence-corrected chi connectivity index (χ1v) is 10.9. The van der Waals surface area contributed by atoms with Crippen molar-refractivity contribution in [1.29, 1.82) is 0 Å². The van der Waals surface area contributed by atoms with E-state index in [-0.39, 0.29) is 17.9 Å². The van der Waals surface area contributed by atoms with Gasteiger partial charge in [-0.25, -0.2) is 0 Å². The molecule has 0 bridgehead atoms. The molecule has 0 spiro atoms. The van der Waals surface area contributed by atoms with E-state index in [9.17, 15) is 9.59 Å². The number of anilines is 1. The van der Waals surface area contributed by atoms with Crippen molar-refractivity contribution in [3.05, 3.63) is 95.1 Å². The number of para-hydroxylation sites is 1. The molecule has 0 aliphatic rings. The van der Waals surface area contributed by atoms with Crippen molar-refractivity contribution in [2.24, 2.45) is 0 Å². The zero-order valence-corrected chi connectivity index (χ0v) is 19.0. The fourth-order valence-electron chi connectivity index (χ4n) is 3.41. The molecule has 2 amide bonds. The number of aryl methyl sites for hydroxylation is 2. The summed E-state index contributed by atoms with van der Waals surface area (Å²) in [6.07, 6.45) is -0.173. The third-order valence-electron chi connectivity index (χ3n) is 5.35. The number of carbonyl (C=O) groups excluding carboxylic acids is 2. The predicted octanol–water partition coefficient (Wildman–Crippen LogP) is 5.59. The van der Waals surface area contributed by atoms with Crippen molar-refractivity contribution in [3.8, 4) is 5.75 Å². The number of benzene rings is 3. The van der Waals surface area contributed by atoms with Crippen LogP contribution in [0.4, 0.5) is 5.69 Å². The van der Waals surface area contributed by atoms with Crippen LogP contribution in [0.2, 0.25) is 0 Å². The van der Waals surface area contributed by atoms with Gasteiger partial charge in [0, 0.05) is 0 Å². The molecule has 0 heterocycles. The quantitative estimate of drug-likeness (QED) is 0.489. The topological polar surface area (TPSA) is 67.4 Å². The number of hydrogen-bond donors (Lipinski definition) is 2. The van der Waals surface area contributed by atoms with Gasteiger partial charge >= 0.3 is 0 Å². The molecule has 32 heavy (non-hydrogen) atoms. The van der Waals surface area contributed by atoms with E-state index >= 15 is 0 Å². The van der Waals surface area contributed by atoms with Crippen LogP contribution in [0.25, 0.3) is 0 Å². The zero-order valence-electron chi connectivity index (χ0n) is 19.0. The predicted molar refractivity (Wildman–Crippen MR) is 128 cm³/mol. The number of ether oxygens (including phenoxy) is 1. The lowest BCUT2D eigenvalue weighted by atomic mass is 10.1. The highest BCUT2D eigenvalue weighted by molar-refractivity contribution is 6.04. The van der Waals surface area contributed by atoms with Crippen LogP contribution in [0.15, 0.2) is 72.8 Å². The Labute approximate surface area is 189 Å². The fraction of sp³-hybridized carbons (Fsp3) is 0.259. The maximum atomic E-state index is 13.0. The summed E-state index contributed by atoms with van der Waals surface area (Å²) in [5.41, 5.74) is 3.91. The Hall–Kier alpha value is -3.60. The van der Waals surface area contributed by atoms with Crippen LogP contribution in [-0.2, 0) is 4.79 Å². The Morgan fingerprint density at radius 3 is 2.34 bits per heavy atom. The monoisotopic (exact) mass is 430 g/mol. The Balaban J connectivity index is 1.73. The molecule has 2 N–H and O–H groups in total. The van der Waals surface area contributed by atoms with Crippen molar-refractivity contribution in [2.45, 2.75) is 46.3 Å². The summed E-state index contributed by atoms with van der Waals surface area (Å²) in [5.74, 6) is 0.153. The highest BCUT2D eigenvalue weighted by atomic mass is 16.5. The molecular formula is C27H30N2O3. The van der Waals surface area contributed by atoms with Gasteiger partial charge in [0.2, 0.25) is 0 Å². The van der Waals surface area contributed by atoms with Crippen molar-refractivity contribution in [3.63, 3.8) is 0 Å². The van der Waals surface area contributed by atoms with E-state index < -0.39 is 6.10 Å². The van der Waals surface area contributed by atoms with Gasteiger partial charge in [-0.05, 0) is 62.1 Å². The molecule has 166 valence electrons. The number of carbonyl (C=O) groups is 2. The standard InChI is InChI=1S/C27H30N2O3/c1-5-24(32-25-17-18(2)15-16-19(25)3)27(31)29-23-14-10-9-13-22(23)26(30)28-20(4)21-11-7-6-8-12-21/h6-17,20,24H,5H2,1-4H3,(H,28,30)(H,29,31)/t20-,24-/m1/s1. The van der Waals surface area contributed by atoms with Gasteiger partial charge in [-0.2, -0.15) is 0 Å². The second-order valence-electron chi connectivity index (χ2n) is 7.92. The minimum atomic E-state index is -0.671. The van der Waals surface area contributed by atoms with Gasteiger partial charge in [0.25, 0.3) is 11.8 Å². The number of nitrogens with one attached hydrogen (secondary N) is 2. The number of rotatable bonds is 8. The molecule has 0 radical (unpaired) electrons. The van der Waals surface area contributed by atoms with Crippen molar-refractivity contribution in [2.75, 3.05) is 5.32 Å². The van der Waals surface area contributed by atoms with Crippen molar-refractivity contribution >= 4 is 17.5 Å². The van der Waals surface area contributed by atoms with E-state index in [4.69, 9.17) is 4.74 Å². The highest BCUT2D eigenvalue weighted by Gasteiger charge is 2.22. The van der Waals surface area contributed by atoms with Crippen LogP contribution >= 0.6 is 0 Å². The molecule has 5 heteroatoms. The fourth-order valence-corrected chi connectivity index (χ4v) is 3.41. The van der Waals surface area contributed by atoms with Crippen LogP contribution in [0.1, 0.15) is 53.4 Å². The molecule has 0 aliphatic carbocycles. The second kappa shape index (κ2) is 10.6. The summed E-state index contributed by atoms with van der Waals surface area (Å²) in [4.78, 5) is 25.9. The van der Waals surface area contributed by atoms with Gasteiger partial charge in [0.05, 0.1) is 17.3 Å². The van der Waals surface area contributed by atoms with E-state index in [1.165, 1.54) is 0 Å². The van der Waals surface area contributed by atoms with Crippen molar-refractivity contribution in [1.82, 2.24) is 5.32 Å². The van der Waals surface area contributed by atoms with Gasteiger partial charge in [-0.1, -0.05) is 61.5 Å². The maximum absolute atomic E-state index is 13.0. The Bertz CT molecular complexity index is 1080. The van der Waals surface area contributed by atoms with Gasteiger partial charge < -0.3 is 15.4 Å². The average molecular weight is 431 g/mol. The second-order valence-corrected chi connectivity index (χ2v) is 7.92. The summed E-state index contributed by atoms with van der Waals surface area (Å²) < 4.78 is 6.02. The molecule has 0 saturated heterocycles. The molecule has 3 aromatic carbocycles. The SMILES string of the molecule is CC[C@@H](Oc1cc(C)ccc1C)C(=O)Nc1ccccc1C(=O)N[C@H](C)c1ccccc1. The van der Waals surface area contributed by atoms with Gasteiger partial charge in [-0.3, -0.25) is 9.59 Å². The van der Waals surface area contributed by atoms with Crippen LogP contribution in [0.5, 0.6) is 5.75 Å². The van der Waals surface area contributed by atoms with Crippen LogP contribution in [-0.4, -0.2) is 17.9 Å². The van der Waals surface area contributed by atoms with Crippen molar-refractivity contribution < 1.29 is 14.3 Å². The molecule has 5 nitrogen and oxygen atoms in total. The Morgan fingerprint density at radius 2 is 1.62 bits per heavy atom.